The molecule has 0 aliphatic heterocycles. The first-order valence-corrected chi connectivity index (χ1v) is 8.57. The largest absolute Gasteiger partial charge is 0.452 e. The zero-order valence-electron chi connectivity index (χ0n) is 15.2. The molecule has 140 valence electrons. The van der Waals surface area contributed by atoms with Crippen molar-refractivity contribution in [3.63, 3.8) is 0 Å². The molecule has 0 radical (unpaired) electrons. The number of esters is 1. The Hall–Kier alpha value is -3.87. The van der Waals surface area contributed by atoms with Crippen LogP contribution in [0.1, 0.15) is 16.1 Å². The predicted octanol–water partition coefficient (Wildman–Crippen LogP) is 4.60. The normalized spacial score (nSPS) is 10.6. The number of benzene rings is 2. The summed E-state index contributed by atoms with van der Waals surface area (Å²) in [5.74, 6) is -1.04. The van der Waals surface area contributed by atoms with Gasteiger partial charge in [-0.2, -0.15) is 10.2 Å². The van der Waals surface area contributed by atoms with Crippen molar-refractivity contribution in [2.75, 3.05) is 11.9 Å². The summed E-state index contributed by atoms with van der Waals surface area (Å²) in [5.41, 5.74) is 3.06. The molecule has 1 amide bonds. The van der Waals surface area contributed by atoms with Gasteiger partial charge in [-0.3, -0.25) is 9.78 Å². The number of amides is 1. The van der Waals surface area contributed by atoms with Gasteiger partial charge in [0, 0.05) is 17.6 Å². The van der Waals surface area contributed by atoms with Gasteiger partial charge in [0.25, 0.3) is 5.91 Å². The molecule has 1 N–H and O–H groups in total. The molecular weight excluding hydrogens is 356 g/mol. The first kappa shape index (κ1) is 18.9. The first-order valence-electron chi connectivity index (χ1n) is 8.57. The average molecular weight is 374 g/mol. The lowest BCUT2D eigenvalue weighted by Crippen LogP contribution is -2.20. The Morgan fingerprint density at radius 3 is 2.25 bits per heavy atom. The van der Waals surface area contributed by atoms with Crippen LogP contribution in [-0.2, 0) is 9.53 Å². The maximum absolute atomic E-state index is 12.0. The number of aryl methyl sites for hydroxylation is 1. The van der Waals surface area contributed by atoms with Crippen molar-refractivity contribution >= 4 is 28.9 Å². The highest BCUT2D eigenvalue weighted by molar-refractivity contribution is 5.95. The molecule has 0 atom stereocenters. The third kappa shape index (κ3) is 5.57. The Labute approximate surface area is 162 Å². The second-order valence-electron chi connectivity index (χ2n) is 5.89. The molecule has 0 unspecified atom stereocenters. The predicted molar refractivity (Wildman–Crippen MR) is 105 cm³/mol. The maximum atomic E-state index is 12.0. The lowest BCUT2D eigenvalue weighted by Gasteiger charge is -2.07. The van der Waals surface area contributed by atoms with E-state index in [1.807, 2.05) is 37.3 Å². The molecule has 7 nitrogen and oxygen atoms in total. The fraction of sp³-hybridized carbons (Fsp3) is 0.0952. The van der Waals surface area contributed by atoms with Crippen molar-refractivity contribution in [1.82, 2.24) is 4.98 Å². The minimum atomic E-state index is -0.598. The fourth-order valence-corrected chi connectivity index (χ4v) is 2.22. The van der Waals surface area contributed by atoms with Gasteiger partial charge in [0.05, 0.1) is 16.9 Å². The van der Waals surface area contributed by atoms with E-state index in [1.54, 1.807) is 36.4 Å². The smallest absolute Gasteiger partial charge is 0.340 e. The lowest BCUT2D eigenvalue weighted by atomic mass is 10.2. The Bertz CT molecular complexity index is 969. The summed E-state index contributed by atoms with van der Waals surface area (Å²) in [4.78, 5) is 27.9. The van der Waals surface area contributed by atoms with Crippen LogP contribution in [0.3, 0.4) is 0 Å². The number of nitrogens with one attached hydrogen (secondary N) is 1. The van der Waals surface area contributed by atoms with Crippen molar-refractivity contribution in [3.8, 4) is 0 Å². The highest BCUT2D eigenvalue weighted by Crippen LogP contribution is 2.20. The number of hydrogen-bond donors (Lipinski definition) is 1. The van der Waals surface area contributed by atoms with Crippen LogP contribution >= 0.6 is 0 Å². The first-order chi connectivity index (χ1) is 13.6. The van der Waals surface area contributed by atoms with Crippen LogP contribution in [-0.4, -0.2) is 23.5 Å². The fourth-order valence-electron chi connectivity index (χ4n) is 2.22. The summed E-state index contributed by atoms with van der Waals surface area (Å²) in [6.45, 7) is 1.43. The molecular formula is C21H18N4O3. The van der Waals surface area contributed by atoms with Crippen LogP contribution in [0.2, 0.25) is 0 Å². The van der Waals surface area contributed by atoms with Crippen LogP contribution in [0, 0.1) is 6.92 Å². The van der Waals surface area contributed by atoms with E-state index in [9.17, 15) is 9.59 Å². The van der Waals surface area contributed by atoms with Crippen LogP contribution in [0.4, 0.5) is 17.1 Å². The molecule has 3 aromatic rings. The topological polar surface area (TPSA) is 93.0 Å². The summed E-state index contributed by atoms with van der Waals surface area (Å²) in [6.07, 6.45) is 1.41. The van der Waals surface area contributed by atoms with Gasteiger partial charge in [0.1, 0.15) is 0 Å². The van der Waals surface area contributed by atoms with Gasteiger partial charge in [-0.05, 0) is 55.5 Å². The Kier molecular flexibility index (Phi) is 6.20. The molecule has 0 saturated carbocycles. The zero-order valence-corrected chi connectivity index (χ0v) is 15.2. The number of azo groups is 1. The van der Waals surface area contributed by atoms with E-state index >= 15 is 0 Å². The van der Waals surface area contributed by atoms with Crippen LogP contribution in [0.15, 0.2) is 83.2 Å². The molecule has 0 spiro atoms. The maximum Gasteiger partial charge on any atom is 0.340 e. The van der Waals surface area contributed by atoms with E-state index < -0.39 is 11.9 Å². The SMILES string of the molecule is Cc1ccc(C(=O)OCC(=O)Nc2ccc(N=Nc3ccccc3)cc2)cn1. The number of ether oxygens (including phenoxy) is 1. The zero-order chi connectivity index (χ0) is 19.8. The molecule has 2 aromatic carbocycles. The Morgan fingerprint density at radius 1 is 0.929 bits per heavy atom. The van der Waals surface area contributed by atoms with E-state index in [-0.39, 0.29) is 6.61 Å². The summed E-state index contributed by atoms with van der Waals surface area (Å²) in [5, 5.41) is 10.9. The molecule has 7 heteroatoms. The van der Waals surface area contributed by atoms with Crippen molar-refractivity contribution in [1.29, 1.82) is 0 Å². The second-order valence-corrected chi connectivity index (χ2v) is 5.89. The van der Waals surface area contributed by atoms with Crippen LogP contribution in [0.5, 0.6) is 0 Å². The van der Waals surface area contributed by atoms with Crippen molar-refractivity contribution < 1.29 is 14.3 Å². The minimum Gasteiger partial charge on any atom is -0.452 e. The molecule has 3 rings (SSSR count). The monoisotopic (exact) mass is 374 g/mol. The standard InChI is InChI=1S/C21H18N4O3/c1-15-7-8-16(13-22-15)21(27)28-14-20(26)23-17-9-11-19(12-10-17)25-24-18-5-3-2-4-6-18/h2-13H,14H2,1H3,(H,23,26). The number of carbonyl (C=O) groups is 2. The highest BCUT2D eigenvalue weighted by atomic mass is 16.5. The van der Waals surface area contributed by atoms with E-state index in [1.165, 1.54) is 6.20 Å². The van der Waals surface area contributed by atoms with Gasteiger partial charge in [-0.1, -0.05) is 18.2 Å². The number of hydrogen-bond acceptors (Lipinski definition) is 6. The van der Waals surface area contributed by atoms with Gasteiger partial charge in [-0.15, -0.1) is 0 Å². The molecule has 1 aromatic heterocycles. The van der Waals surface area contributed by atoms with Crippen molar-refractivity contribution in [3.05, 3.63) is 84.2 Å². The molecule has 0 aliphatic carbocycles. The van der Waals surface area contributed by atoms with E-state index in [0.29, 0.717) is 16.9 Å². The van der Waals surface area contributed by atoms with Gasteiger partial charge < -0.3 is 10.1 Å². The molecule has 0 bridgehead atoms. The average Bonchev–Trinajstić information content (AvgIpc) is 2.73. The van der Waals surface area contributed by atoms with Gasteiger partial charge in [0.15, 0.2) is 6.61 Å². The van der Waals surface area contributed by atoms with Crippen LogP contribution < -0.4 is 5.32 Å². The summed E-state index contributed by atoms with van der Waals surface area (Å²) < 4.78 is 4.99. The van der Waals surface area contributed by atoms with Gasteiger partial charge in [0.2, 0.25) is 0 Å². The van der Waals surface area contributed by atoms with E-state index in [4.69, 9.17) is 4.74 Å². The highest BCUT2D eigenvalue weighted by Gasteiger charge is 2.10. The van der Waals surface area contributed by atoms with Crippen LogP contribution in [0.25, 0.3) is 0 Å². The number of nitrogens with zero attached hydrogens (tertiary/aromatic N) is 3. The number of pyridine rings is 1. The minimum absolute atomic E-state index is 0.298. The molecule has 0 saturated heterocycles. The molecule has 1 heterocycles. The third-order valence-corrected chi connectivity index (χ3v) is 3.67. The number of carbonyl (C=O) groups excluding carboxylic acids is 2. The van der Waals surface area contributed by atoms with Crippen molar-refractivity contribution in [2.45, 2.75) is 6.92 Å². The van der Waals surface area contributed by atoms with Gasteiger partial charge in [-0.25, -0.2) is 4.79 Å². The van der Waals surface area contributed by atoms with Gasteiger partial charge >= 0.3 is 5.97 Å². The Balaban J connectivity index is 1.49. The molecule has 0 fully saturated rings. The number of rotatable bonds is 6. The van der Waals surface area contributed by atoms with E-state index in [2.05, 4.69) is 20.5 Å². The number of anilines is 1. The molecule has 0 aliphatic rings. The molecule has 28 heavy (non-hydrogen) atoms. The van der Waals surface area contributed by atoms with Crippen molar-refractivity contribution in [2.24, 2.45) is 10.2 Å². The third-order valence-electron chi connectivity index (χ3n) is 3.67. The quantitative estimate of drug-likeness (QED) is 0.504. The summed E-state index contributed by atoms with van der Waals surface area (Å²) >= 11 is 0. The number of aromatic nitrogens is 1. The lowest BCUT2D eigenvalue weighted by molar-refractivity contribution is -0.119. The van der Waals surface area contributed by atoms with E-state index in [0.717, 1.165) is 11.4 Å². The summed E-state index contributed by atoms with van der Waals surface area (Å²) in [6, 6.07) is 19.5. The summed E-state index contributed by atoms with van der Waals surface area (Å²) in [7, 11) is 0. The second kappa shape index (κ2) is 9.18. The Morgan fingerprint density at radius 2 is 1.61 bits per heavy atom.